The fraction of sp³-hybridized carbons (Fsp3) is 0.438. The van der Waals surface area contributed by atoms with Crippen molar-refractivity contribution in [1.29, 1.82) is 0 Å². The highest BCUT2D eigenvalue weighted by Crippen LogP contribution is 2.35. The van der Waals surface area contributed by atoms with Crippen LogP contribution in [-0.2, 0) is 14.3 Å². The third kappa shape index (κ3) is 3.80. The molecule has 138 valence electrons. The largest absolute Gasteiger partial charge is 0.455 e. The number of imide groups is 1. The van der Waals surface area contributed by atoms with Crippen LogP contribution in [0.15, 0.2) is 5.03 Å². The van der Waals surface area contributed by atoms with Crippen LogP contribution in [0, 0.1) is 20.8 Å². The van der Waals surface area contributed by atoms with Gasteiger partial charge in [-0.25, -0.2) is 14.8 Å². The third-order valence-corrected chi connectivity index (χ3v) is 6.00. The molecule has 0 saturated carbocycles. The molecule has 3 amide bonds. The molecule has 0 aromatic carbocycles. The molecule has 0 radical (unpaired) electrons. The van der Waals surface area contributed by atoms with Gasteiger partial charge in [-0.1, -0.05) is 11.8 Å². The minimum Gasteiger partial charge on any atom is -0.455 e. The molecular formula is C16H18N4O4S2. The molecule has 1 fully saturated rings. The number of urea groups is 1. The van der Waals surface area contributed by atoms with E-state index >= 15 is 0 Å². The summed E-state index contributed by atoms with van der Waals surface area (Å²) in [5.41, 5.74) is 1.11. The molecule has 2 aromatic heterocycles. The number of hydrogen-bond acceptors (Lipinski definition) is 8. The smallest absolute Gasteiger partial charge is 0.324 e. The Morgan fingerprint density at radius 3 is 2.77 bits per heavy atom. The van der Waals surface area contributed by atoms with Gasteiger partial charge in [-0.2, -0.15) is 0 Å². The lowest BCUT2D eigenvalue weighted by Gasteiger charge is -2.12. The minimum atomic E-state index is -0.531. The zero-order chi connectivity index (χ0) is 18.8. The van der Waals surface area contributed by atoms with Crippen molar-refractivity contribution in [3.05, 3.63) is 16.3 Å². The molecule has 0 aliphatic carbocycles. The maximum absolute atomic E-state index is 12.0. The van der Waals surface area contributed by atoms with E-state index in [-0.39, 0.29) is 5.75 Å². The van der Waals surface area contributed by atoms with Gasteiger partial charge in [0.1, 0.15) is 15.7 Å². The van der Waals surface area contributed by atoms with Gasteiger partial charge in [-0.3, -0.25) is 14.5 Å². The number of esters is 1. The summed E-state index contributed by atoms with van der Waals surface area (Å²) in [7, 11) is 0. The van der Waals surface area contributed by atoms with E-state index in [0.717, 1.165) is 25.7 Å². The standard InChI is InChI=1S/C16H18N4O4S2/c1-8-9(2)26-15-13(8)14(18-10(3)19-15)25-7-12(22)24-6-11(21)20-5-4-17-16(20)23/h4-7H2,1-3H3,(H,17,23). The van der Waals surface area contributed by atoms with Gasteiger partial charge in [-0.05, 0) is 26.3 Å². The lowest BCUT2D eigenvalue weighted by atomic mass is 10.2. The van der Waals surface area contributed by atoms with Gasteiger partial charge in [0.15, 0.2) is 6.61 Å². The van der Waals surface area contributed by atoms with Crippen LogP contribution in [0.25, 0.3) is 10.2 Å². The maximum atomic E-state index is 12.0. The number of carbonyl (C=O) groups is 3. The number of carbonyl (C=O) groups excluding carboxylic acids is 3. The predicted octanol–water partition coefficient (Wildman–Crippen LogP) is 1.80. The number of nitrogens with zero attached hydrogens (tertiary/aromatic N) is 3. The number of fused-ring (bicyclic) bond motifs is 1. The van der Waals surface area contributed by atoms with E-state index in [0.29, 0.717) is 18.9 Å². The molecule has 1 N–H and O–H groups in total. The van der Waals surface area contributed by atoms with E-state index in [1.807, 2.05) is 20.8 Å². The first kappa shape index (κ1) is 18.6. The number of aryl methyl sites for hydroxylation is 3. The monoisotopic (exact) mass is 394 g/mol. The highest BCUT2D eigenvalue weighted by Gasteiger charge is 2.26. The minimum absolute atomic E-state index is 0.0271. The number of ether oxygens (including phenoxy) is 1. The molecule has 3 rings (SSSR count). The Bertz CT molecular complexity index is 896. The lowest BCUT2D eigenvalue weighted by Crippen LogP contribution is -2.37. The highest BCUT2D eigenvalue weighted by atomic mass is 32.2. The lowest BCUT2D eigenvalue weighted by molar-refractivity contribution is -0.148. The van der Waals surface area contributed by atoms with E-state index in [9.17, 15) is 14.4 Å². The average Bonchev–Trinajstić information content (AvgIpc) is 3.14. The summed E-state index contributed by atoms with van der Waals surface area (Å²) < 4.78 is 4.99. The second-order valence-electron chi connectivity index (χ2n) is 5.77. The molecule has 8 nitrogen and oxygen atoms in total. The number of thiophene rings is 1. The molecule has 0 bridgehead atoms. The molecule has 1 aliphatic rings. The van der Waals surface area contributed by atoms with Crippen LogP contribution in [0.3, 0.4) is 0 Å². The summed E-state index contributed by atoms with van der Waals surface area (Å²) in [4.78, 5) is 47.2. The number of aromatic nitrogens is 2. The first-order chi connectivity index (χ1) is 12.4. The maximum Gasteiger partial charge on any atom is 0.324 e. The van der Waals surface area contributed by atoms with Gasteiger partial charge in [0.05, 0.1) is 5.75 Å². The number of thioether (sulfide) groups is 1. The SMILES string of the molecule is Cc1nc(SCC(=O)OCC(=O)N2CCNC2=O)c2c(C)c(C)sc2n1. The summed E-state index contributed by atoms with van der Waals surface area (Å²) in [6.07, 6.45) is 0. The molecule has 0 unspecified atom stereocenters. The Morgan fingerprint density at radius 2 is 2.08 bits per heavy atom. The second kappa shape index (κ2) is 7.58. The van der Waals surface area contributed by atoms with Crippen molar-refractivity contribution in [1.82, 2.24) is 20.2 Å². The zero-order valence-electron chi connectivity index (χ0n) is 14.6. The van der Waals surface area contributed by atoms with Crippen molar-refractivity contribution in [2.45, 2.75) is 25.8 Å². The number of amides is 3. The molecule has 1 aliphatic heterocycles. The highest BCUT2D eigenvalue weighted by molar-refractivity contribution is 8.00. The Labute approximate surface area is 158 Å². The number of hydrogen-bond donors (Lipinski definition) is 1. The summed E-state index contributed by atoms with van der Waals surface area (Å²) in [5, 5.41) is 4.21. The van der Waals surface area contributed by atoms with E-state index in [1.54, 1.807) is 11.3 Å². The van der Waals surface area contributed by atoms with Crippen molar-refractivity contribution in [3.8, 4) is 0 Å². The molecule has 10 heteroatoms. The summed E-state index contributed by atoms with van der Waals surface area (Å²) >= 11 is 2.86. The van der Waals surface area contributed by atoms with Gasteiger partial charge in [0.2, 0.25) is 0 Å². The van der Waals surface area contributed by atoms with Gasteiger partial charge >= 0.3 is 12.0 Å². The van der Waals surface area contributed by atoms with E-state index < -0.39 is 24.5 Å². The van der Waals surface area contributed by atoms with E-state index in [2.05, 4.69) is 15.3 Å². The van der Waals surface area contributed by atoms with Crippen molar-refractivity contribution in [2.24, 2.45) is 0 Å². The van der Waals surface area contributed by atoms with Gasteiger partial charge in [0, 0.05) is 23.4 Å². The second-order valence-corrected chi connectivity index (χ2v) is 7.93. The zero-order valence-corrected chi connectivity index (χ0v) is 16.3. The van der Waals surface area contributed by atoms with Crippen LogP contribution in [0.2, 0.25) is 0 Å². The summed E-state index contributed by atoms with van der Waals surface area (Å²) in [6, 6.07) is -0.456. The average molecular weight is 394 g/mol. The third-order valence-electron chi connectivity index (χ3n) is 3.95. The van der Waals surface area contributed by atoms with Crippen LogP contribution < -0.4 is 5.32 Å². The Balaban J connectivity index is 1.60. The van der Waals surface area contributed by atoms with Crippen LogP contribution in [0.1, 0.15) is 16.3 Å². The first-order valence-electron chi connectivity index (χ1n) is 7.97. The normalized spacial score (nSPS) is 14.0. The Morgan fingerprint density at radius 1 is 1.31 bits per heavy atom. The number of rotatable bonds is 5. The van der Waals surface area contributed by atoms with Gasteiger partial charge in [0.25, 0.3) is 5.91 Å². The van der Waals surface area contributed by atoms with E-state index in [4.69, 9.17) is 4.74 Å². The predicted molar refractivity (Wildman–Crippen MR) is 98.4 cm³/mol. The Hall–Kier alpha value is -2.20. The van der Waals surface area contributed by atoms with Crippen molar-refractivity contribution < 1.29 is 19.1 Å². The molecule has 1 saturated heterocycles. The molecule has 0 atom stereocenters. The molecule has 2 aromatic rings. The quantitative estimate of drug-likeness (QED) is 0.469. The fourth-order valence-electron chi connectivity index (χ4n) is 2.52. The van der Waals surface area contributed by atoms with Gasteiger partial charge < -0.3 is 10.1 Å². The first-order valence-corrected chi connectivity index (χ1v) is 9.78. The van der Waals surface area contributed by atoms with Crippen LogP contribution in [0.4, 0.5) is 4.79 Å². The molecular weight excluding hydrogens is 376 g/mol. The van der Waals surface area contributed by atoms with Crippen LogP contribution in [-0.4, -0.2) is 58.2 Å². The molecule has 3 heterocycles. The van der Waals surface area contributed by atoms with E-state index in [1.165, 1.54) is 16.6 Å². The van der Waals surface area contributed by atoms with Crippen molar-refractivity contribution in [3.63, 3.8) is 0 Å². The molecule has 26 heavy (non-hydrogen) atoms. The van der Waals surface area contributed by atoms with Gasteiger partial charge in [-0.15, -0.1) is 11.3 Å². The topological polar surface area (TPSA) is 101 Å². The van der Waals surface area contributed by atoms with Crippen molar-refractivity contribution in [2.75, 3.05) is 25.4 Å². The summed E-state index contributed by atoms with van der Waals surface area (Å²) in [6.45, 7) is 6.11. The van der Waals surface area contributed by atoms with Crippen LogP contribution in [0.5, 0.6) is 0 Å². The number of nitrogens with one attached hydrogen (secondary N) is 1. The van der Waals surface area contributed by atoms with Crippen LogP contribution >= 0.6 is 23.1 Å². The molecule has 0 spiro atoms. The van der Waals surface area contributed by atoms with Crippen molar-refractivity contribution >= 4 is 51.2 Å². The summed E-state index contributed by atoms with van der Waals surface area (Å²) in [5.74, 6) is -0.385. The fourth-order valence-corrected chi connectivity index (χ4v) is 4.59. The Kier molecular flexibility index (Phi) is 5.42.